The highest BCUT2D eigenvalue weighted by molar-refractivity contribution is 7.89. The van der Waals surface area contributed by atoms with Crippen LogP contribution in [0.25, 0.3) is 0 Å². The van der Waals surface area contributed by atoms with Gasteiger partial charge >= 0.3 is 0 Å². The molecule has 0 aromatic heterocycles. The molecule has 0 saturated heterocycles. The molecule has 0 aliphatic heterocycles. The van der Waals surface area contributed by atoms with Crippen molar-refractivity contribution in [3.63, 3.8) is 0 Å². The Bertz CT molecular complexity index is 1410. The maximum absolute atomic E-state index is 13.6. The van der Waals surface area contributed by atoms with Crippen molar-refractivity contribution in [1.82, 2.24) is 10.0 Å². The summed E-state index contributed by atoms with van der Waals surface area (Å²) in [7, 11) is -3.94. The van der Waals surface area contributed by atoms with Gasteiger partial charge in [-0.1, -0.05) is 108 Å². The van der Waals surface area contributed by atoms with Gasteiger partial charge in [-0.2, -0.15) is 0 Å². The van der Waals surface area contributed by atoms with Crippen LogP contribution in [0.5, 0.6) is 0 Å². The zero-order chi connectivity index (χ0) is 27.0. The summed E-state index contributed by atoms with van der Waals surface area (Å²) in [5.74, 6) is 0. The van der Waals surface area contributed by atoms with E-state index in [9.17, 15) is 8.42 Å². The molecule has 198 valence electrons. The number of benzene rings is 4. The number of hydrogen-bond donors (Lipinski definition) is 2. The van der Waals surface area contributed by atoms with Gasteiger partial charge in [-0.25, -0.2) is 13.1 Å². The van der Waals surface area contributed by atoms with E-state index in [0.29, 0.717) is 19.8 Å². The first-order valence-electron chi connectivity index (χ1n) is 12.6. The van der Waals surface area contributed by atoms with Crippen LogP contribution in [0.4, 0.5) is 0 Å². The second-order valence-corrected chi connectivity index (χ2v) is 11.4. The Morgan fingerprint density at radius 3 is 1.95 bits per heavy atom. The lowest BCUT2D eigenvalue weighted by atomic mass is 9.94. The van der Waals surface area contributed by atoms with Gasteiger partial charge in [0.25, 0.3) is 0 Å². The fourth-order valence-corrected chi connectivity index (χ4v) is 6.13. The summed E-state index contributed by atoms with van der Waals surface area (Å²) in [5.41, 5.74) is 5.00. The predicted molar refractivity (Wildman–Crippen MR) is 154 cm³/mol. The van der Waals surface area contributed by atoms with E-state index >= 15 is 0 Å². The zero-order valence-electron chi connectivity index (χ0n) is 21.6. The second-order valence-electron chi connectivity index (χ2n) is 9.32. The molecule has 0 fully saturated rings. The number of rotatable bonds is 12. The molecule has 0 heterocycles. The maximum atomic E-state index is 13.6. The van der Waals surface area contributed by atoms with E-state index in [1.165, 1.54) is 5.56 Å². The molecule has 4 aromatic rings. The van der Waals surface area contributed by atoms with E-state index in [0.717, 1.165) is 22.3 Å². The monoisotopic (exact) mass is 548 g/mol. The average Bonchev–Trinajstić information content (AvgIpc) is 2.91. The van der Waals surface area contributed by atoms with Crippen molar-refractivity contribution >= 4 is 21.6 Å². The second kappa shape index (κ2) is 13.2. The number of ether oxygens (including phenoxy) is 1. The maximum Gasteiger partial charge on any atom is 0.242 e. The van der Waals surface area contributed by atoms with E-state index in [1.54, 1.807) is 18.2 Å². The Kier molecular flexibility index (Phi) is 9.72. The third-order valence-electron chi connectivity index (χ3n) is 6.31. The van der Waals surface area contributed by atoms with Gasteiger partial charge in [0.2, 0.25) is 10.0 Å². The first-order chi connectivity index (χ1) is 18.3. The van der Waals surface area contributed by atoms with Crippen molar-refractivity contribution in [3.8, 4) is 0 Å². The summed E-state index contributed by atoms with van der Waals surface area (Å²) in [4.78, 5) is 0.0546. The number of aryl methyl sites for hydroxylation is 2. The smallest absolute Gasteiger partial charge is 0.242 e. The molecule has 0 unspecified atom stereocenters. The van der Waals surface area contributed by atoms with Crippen molar-refractivity contribution in [3.05, 3.63) is 136 Å². The topological polar surface area (TPSA) is 67.4 Å². The van der Waals surface area contributed by atoms with Gasteiger partial charge in [0.15, 0.2) is 0 Å². The van der Waals surface area contributed by atoms with Crippen molar-refractivity contribution in [2.24, 2.45) is 0 Å². The minimum atomic E-state index is -3.94. The molecule has 0 radical (unpaired) electrons. The van der Waals surface area contributed by atoms with Crippen molar-refractivity contribution < 1.29 is 13.2 Å². The van der Waals surface area contributed by atoms with Gasteiger partial charge in [0, 0.05) is 6.54 Å². The molecule has 0 aliphatic carbocycles. The van der Waals surface area contributed by atoms with Crippen molar-refractivity contribution in [2.45, 2.75) is 37.4 Å². The van der Waals surface area contributed by atoms with E-state index in [4.69, 9.17) is 16.3 Å². The molecule has 4 rings (SSSR count). The minimum Gasteiger partial charge on any atom is -0.375 e. The van der Waals surface area contributed by atoms with E-state index < -0.39 is 16.1 Å². The first kappa shape index (κ1) is 28.0. The predicted octanol–water partition coefficient (Wildman–Crippen LogP) is 6.52. The van der Waals surface area contributed by atoms with Gasteiger partial charge in [-0.15, -0.1) is 0 Å². The third-order valence-corrected chi connectivity index (χ3v) is 8.23. The Labute approximate surface area is 230 Å². The molecule has 0 aliphatic rings. The highest BCUT2D eigenvalue weighted by Crippen LogP contribution is 2.32. The summed E-state index contributed by atoms with van der Waals surface area (Å²) < 4.78 is 36.0. The third kappa shape index (κ3) is 7.53. The van der Waals surface area contributed by atoms with Crippen LogP contribution in [-0.2, 0) is 21.4 Å². The molecule has 0 amide bonds. The SMILES string of the molecule is Cc1ccc(COCCN[C@H](c2ccccc2)[C@H](NS(=O)(=O)c2ccc(C)cc2Cl)c2ccccc2)cc1. The molecular formula is C31H33ClN2O3S. The Morgan fingerprint density at radius 2 is 1.34 bits per heavy atom. The van der Waals surface area contributed by atoms with Crippen molar-refractivity contribution in [1.29, 1.82) is 0 Å². The average molecular weight is 549 g/mol. The van der Waals surface area contributed by atoms with Gasteiger partial charge in [-0.3, -0.25) is 0 Å². The van der Waals surface area contributed by atoms with Crippen LogP contribution in [0.3, 0.4) is 0 Å². The summed E-state index contributed by atoms with van der Waals surface area (Å²) in [6.45, 7) is 5.44. The molecule has 4 aromatic carbocycles. The van der Waals surface area contributed by atoms with Crippen LogP contribution in [0, 0.1) is 13.8 Å². The molecule has 38 heavy (non-hydrogen) atoms. The highest BCUT2D eigenvalue weighted by Gasteiger charge is 2.30. The fraction of sp³-hybridized carbons (Fsp3) is 0.226. The quantitative estimate of drug-likeness (QED) is 0.198. The summed E-state index contributed by atoms with van der Waals surface area (Å²) >= 11 is 6.37. The Balaban J connectivity index is 1.57. The van der Waals surface area contributed by atoms with Crippen LogP contribution in [0.15, 0.2) is 108 Å². The highest BCUT2D eigenvalue weighted by atomic mass is 35.5. The van der Waals surface area contributed by atoms with Crippen LogP contribution in [0.2, 0.25) is 5.02 Å². The van der Waals surface area contributed by atoms with Crippen LogP contribution < -0.4 is 10.0 Å². The number of nitrogens with one attached hydrogen (secondary N) is 2. The Morgan fingerprint density at radius 1 is 0.763 bits per heavy atom. The zero-order valence-corrected chi connectivity index (χ0v) is 23.2. The van der Waals surface area contributed by atoms with Gasteiger partial charge in [0.1, 0.15) is 4.90 Å². The summed E-state index contributed by atoms with van der Waals surface area (Å²) in [6.07, 6.45) is 0. The van der Waals surface area contributed by atoms with Crippen LogP contribution in [0.1, 0.15) is 39.9 Å². The minimum absolute atomic E-state index is 0.0546. The molecule has 0 spiro atoms. The number of sulfonamides is 1. The molecule has 7 heteroatoms. The normalized spacial score (nSPS) is 13.2. The standard InChI is InChI=1S/C31H33ClN2O3S/c1-23-13-16-25(17-14-23)22-37-20-19-33-30(26-9-5-3-6-10-26)31(27-11-7-4-8-12-27)34-38(35,36)29-18-15-24(2)21-28(29)32/h3-18,21,30-31,33-34H,19-20,22H2,1-2H3/t30-,31-/m1/s1. The van der Waals surface area contributed by atoms with Crippen molar-refractivity contribution in [2.75, 3.05) is 13.2 Å². The lowest BCUT2D eigenvalue weighted by Gasteiger charge is -2.30. The van der Waals surface area contributed by atoms with Gasteiger partial charge in [-0.05, 0) is 48.2 Å². The van der Waals surface area contributed by atoms with Gasteiger partial charge in [0.05, 0.1) is 30.3 Å². The van der Waals surface area contributed by atoms with E-state index in [2.05, 4.69) is 41.2 Å². The molecule has 2 N–H and O–H groups in total. The van der Waals surface area contributed by atoms with Crippen LogP contribution in [-0.4, -0.2) is 21.6 Å². The largest absolute Gasteiger partial charge is 0.375 e. The first-order valence-corrected chi connectivity index (χ1v) is 14.4. The lowest BCUT2D eigenvalue weighted by Crippen LogP contribution is -2.39. The fourth-order valence-electron chi connectivity index (χ4n) is 4.29. The summed E-state index contributed by atoms with van der Waals surface area (Å²) in [5, 5.41) is 3.74. The van der Waals surface area contributed by atoms with E-state index in [-0.39, 0.29) is 16.0 Å². The number of halogens is 1. The van der Waals surface area contributed by atoms with Crippen LogP contribution >= 0.6 is 11.6 Å². The number of hydrogen-bond acceptors (Lipinski definition) is 4. The molecule has 2 atom stereocenters. The summed E-state index contributed by atoms with van der Waals surface area (Å²) in [6, 6.07) is 31.7. The lowest BCUT2D eigenvalue weighted by molar-refractivity contribution is 0.119. The molecular weight excluding hydrogens is 516 g/mol. The van der Waals surface area contributed by atoms with E-state index in [1.807, 2.05) is 67.6 Å². The van der Waals surface area contributed by atoms with Gasteiger partial charge < -0.3 is 10.1 Å². The molecule has 5 nitrogen and oxygen atoms in total. The Hall–Kier alpha value is -3.00. The molecule has 0 saturated carbocycles. The molecule has 0 bridgehead atoms.